The molecule has 2 N–H and O–H groups in total. The van der Waals surface area contributed by atoms with Gasteiger partial charge in [0.1, 0.15) is 5.82 Å². The van der Waals surface area contributed by atoms with E-state index < -0.39 is 33.5 Å². The van der Waals surface area contributed by atoms with Gasteiger partial charge in [-0.15, -0.1) is 0 Å². The fraction of sp³-hybridized carbons (Fsp3) is 0.0952. The molecule has 0 spiro atoms. The second-order valence-electron chi connectivity index (χ2n) is 6.52. The molecule has 0 unspecified atom stereocenters. The summed E-state index contributed by atoms with van der Waals surface area (Å²) >= 11 is 0. The van der Waals surface area contributed by atoms with Crippen molar-refractivity contribution in [3.05, 3.63) is 95.3 Å². The molecule has 0 aliphatic carbocycles. The molecule has 0 fully saturated rings. The van der Waals surface area contributed by atoms with Gasteiger partial charge in [-0.3, -0.25) is 9.52 Å². The Bertz CT molecular complexity index is 1180. The van der Waals surface area contributed by atoms with Gasteiger partial charge in [0.25, 0.3) is 15.9 Å². The summed E-state index contributed by atoms with van der Waals surface area (Å²) in [5.74, 6) is -1.09. The van der Waals surface area contributed by atoms with Crippen LogP contribution in [-0.2, 0) is 22.7 Å². The van der Waals surface area contributed by atoms with E-state index in [1.807, 2.05) is 0 Å². The Balaban J connectivity index is 1.65. The molecule has 0 aliphatic rings. The van der Waals surface area contributed by atoms with Crippen LogP contribution in [0.15, 0.2) is 77.7 Å². The van der Waals surface area contributed by atoms with E-state index in [0.717, 1.165) is 24.3 Å². The van der Waals surface area contributed by atoms with E-state index >= 15 is 0 Å². The Kier molecular flexibility index (Phi) is 6.30. The third kappa shape index (κ3) is 5.82. The van der Waals surface area contributed by atoms with Crippen LogP contribution >= 0.6 is 0 Å². The third-order valence-corrected chi connectivity index (χ3v) is 5.63. The van der Waals surface area contributed by atoms with E-state index in [2.05, 4.69) is 10.0 Å². The zero-order valence-corrected chi connectivity index (χ0v) is 16.6. The van der Waals surface area contributed by atoms with Crippen LogP contribution < -0.4 is 10.0 Å². The summed E-state index contributed by atoms with van der Waals surface area (Å²) in [7, 11) is -3.95. The van der Waals surface area contributed by atoms with E-state index in [0.29, 0.717) is 0 Å². The van der Waals surface area contributed by atoms with Gasteiger partial charge in [-0.25, -0.2) is 12.8 Å². The van der Waals surface area contributed by atoms with Crippen LogP contribution in [0, 0.1) is 5.82 Å². The maximum absolute atomic E-state index is 12.9. The minimum Gasteiger partial charge on any atom is -0.348 e. The standard InChI is InChI=1S/C21H16F4N2O3S/c22-17-6-8-18(9-7-17)27-31(29,30)19-10-4-15(5-11-19)20(28)26-13-14-2-1-3-16(12-14)21(23,24)25/h1-12,27H,13H2,(H,26,28). The lowest BCUT2D eigenvalue weighted by atomic mass is 10.1. The summed E-state index contributed by atoms with van der Waals surface area (Å²) < 4.78 is 78.3. The second kappa shape index (κ2) is 8.76. The molecule has 10 heteroatoms. The lowest BCUT2D eigenvalue weighted by Gasteiger charge is -2.10. The number of amides is 1. The van der Waals surface area contributed by atoms with Crippen molar-refractivity contribution in [1.82, 2.24) is 5.32 Å². The molecule has 0 aromatic heterocycles. The van der Waals surface area contributed by atoms with Crippen LogP contribution in [0.5, 0.6) is 0 Å². The monoisotopic (exact) mass is 452 g/mol. The highest BCUT2D eigenvalue weighted by atomic mass is 32.2. The van der Waals surface area contributed by atoms with Crippen LogP contribution in [0.4, 0.5) is 23.2 Å². The van der Waals surface area contributed by atoms with Crippen LogP contribution in [-0.4, -0.2) is 14.3 Å². The predicted octanol–water partition coefficient (Wildman–Crippen LogP) is 4.58. The Morgan fingerprint density at radius 3 is 2.16 bits per heavy atom. The average molecular weight is 452 g/mol. The van der Waals surface area contributed by atoms with E-state index in [1.54, 1.807) is 0 Å². The van der Waals surface area contributed by atoms with Gasteiger partial charge >= 0.3 is 6.18 Å². The molecule has 0 saturated carbocycles. The normalized spacial score (nSPS) is 11.7. The number of alkyl halides is 3. The molecule has 0 heterocycles. The quantitative estimate of drug-likeness (QED) is 0.538. The first kappa shape index (κ1) is 22.3. The molecule has 3 rings (SSSR count). The van der Waals surface area contributed by atoms with Gasteiger partial charge in [-0.2, -0.15) is 13.2 Å². The van der Waals surface area contributed by atoms with Crippen LogP contribution in [0.1, 0.15) is 21.5 Å². The third-order valence-electron chi connectivity index (χ3n) is 4.23. The van der Waals surface area contributed by atoms with Crippen molar-refractivity contribution in [1.29, 1.82) is 0 Å². The number of benzene rings is 3. The van der Waals surface area contributed by atoms with E-state index in [9.17, 15) is 30.8 Å². The molecule has 0 radical (unpaired) electrons. The summed E-state index contributed by atoms with van der Waals surface area (Å²) in [6.45, 7) is -0.130. The minimum atomic E-state index is -4.48. The number of anilines is 1. The van der Waals surface area contributed by atoms with E-state index in [4.69, 9.17) is 0 Å². The number of carbonyl (C=O) groups is 1. The number of carbonyl (C=O) groups excluding carboxylic acids is 1. The summed E-state index contributed by atoms with van der Waals surface area (Å²) in [6, 6.07) is 14.3. The summed E-state index contributed by atoms with van der Waals surface area (Å²) in [5, 5.41) is 2.49. The molecular formula is C21H16F4N2O3S. The molecule has 0 atom stereocenters. The van der Waals surface area contributed by atoms with Gasteiger partial charge < -0.3 is 5.32 Å². The maximum Gasteiger partial charge on any atom is 0.416 e. The second-order valence-corrected chi connectivity index (χ2v) is 8.20. The van der Waals surface area contributed by atoms with Gasteiger partial charge in [-0.1, -0.05) is 12.1 Å². The number of rotatable bonds is 6. The highest BCUT2D eigenvalue weighted by Crippen LogP contribution is 2.29. The van der Waals surface area contributed by atoms with Gasteiger partial charge in [-0.05, 0) is 66.2 Å². The predicted molar refractivity (Wildman–Crippen MR) is 106 cm³/mol. The first-order valence-electron chi connectivity index (χ1n) is 8.87. The molecule has 162 valence electrons. The van der Waals surface area contributed by atoms with E-state index in [-0.39, 0.29) is 28.3 Å². The molecule has 3 aromatic carbocycles. The van der Waals surface area contributed by atoms with Crippen molar-refractivity contribution in [2.45, 2.75) is 17.6 Å². The average Bonchev–Trinajstić information content (AvgIpc) is 2.73. The molecule has 0 aliphatic heterocycles. The number of halogens is 4. The van der Waals surface area contributed by atoms with E-state index in [1.165, 1.54) is 48.5 Å². The highest BCUT2D eigenvalue weighted by molar-refractivity contribution is 7.92. The van der Waals surface area contributed by atoms with Gasteiger partial charge in [0.05, 0.1) is 10.5 Å². The first-order valence-corrected chi connectivity index (χ1v) is 10.4. The molecule has 5 nitrogen and oxygen atoms in total. The van der Waals surface area contributed by atoms with Crippen molar-refractivity contribution in [3.63, 3.8) is 0 Å². The number of hydrogen-bond donors (Lipinski definition) is 2. The van der Waals surface area contributed by atoms with Crippen molar-refractivity contribution in [2.75, 3.05) is 4.72 Å². The number of sulfonamides is 1. The van der Waals surface area contributed by atoms with Crippen LogP contribution in [0.25, 0.3) is 0 Å². The lowest BCUT2D eigenvalue weighted by molar-refractivity contribution is -0.137. The lowest BCUT2D eigenvalue weighted by Crippen LogP contribution is -2.23. The zero-order chi connectivity index (χ0) is 22.6. The Morgan fingerprint density at radius 2 is 1.55 bits per heavy atom. The Hall–Kier alpha value is -3.40. The Morgan fingerprint density at radius 1 is 0.903 bits per heavy atom. The van der Waals surface area contributed by atoms with Gasteiger partial charge in [0, 0.05) is 17.8 Å². The molecular weight excluding hydrogens is 436 g/mol. The zero-order valence-electron chi connectivity index (χ0n) is 15.8. The molecule has 31 heavy (non-hydrogen) atoms. The fourth-order valence-corrected chi connectivity index (χ4v) is 3.72. The summed E-state index contributed by atoms with van der Waals surface area (Å²) in [4.78, 5) is 12.1. The Labute approximate surface area is 175 Å². The molecule has 1 amide bonds. The number of nitrogens with one attached hydrogen (secondary N) is 2. The van der Waals surface area contributed by atoms with Gasteiger partial charge in [0.2, 0.25) is 0 Å². The van der Waals surface area contributed by atoms with Crippen LogP contribution in [0.2, 0.25) is 0 Å². The molecule has 0 bridgehead atoms. The summed E-state index contributed by atoms with van der Waals surface area (Å²) in [6.07, 6.45) is -4.48. The van der Waals surface area contributed by atoms with Crippen molar-refractivity contribution in [2.24, 2.45) is 0 Å². The number of hydrogen-bond acceptors (Lipinski definition) is 3. The molecule has 3 aromatic rings. The highest BCUT2D eigenvalue weighted by Gasteiger charge is 2.30. The smallest absolute Gasteiger partial charge is 0.348 e. The summed E-state index contributed by atoms with van der Waals surface area (Å²) in [5.41, 5.74) is -0.245. The van der Waals surface area contributed by atoms with Crippen molar-refractivity contribution < 1.29 is 30.8 Å². The first-order chi connectivity index (χ1) is 14.5. The molecule has 0 saturated heterocycles. The van der Waals surface area contributed by atoms with Crippen molar-refractivity contribution >= 4 is 21.6 Å². The minimum absolute atomic E-state index is 0.119. The SMILES string of the molecule is O=C(NCc1cccc(C(F)(F)F)c1)c1ccc(S(=O)(=O)Nc2ccc(F)cc2)cc1. The van der Waals surface area contributed by atoms with Crippen LogP contribution in [0.3, 0.4) is 0 Å². The fourth-order valence-electron chi connectivity index (χ4n) is 2.66. The van der Waals surface area contributed by atoms with Gasteiger partial charge in [0.15, 0.2) is 0 Å². The largest absolute Gasteiger partial charge is 0.416 e. The topological polar surface area (TPSA) is 75.3 Å². The van der Waals surface area contributed by atoms with Crippen molar-refractivity contribution in [3.8, 4) is 0 Å². The maximum atomic E-state index is 12.9.